The van der Waals surface area contributed by atoms with Crippen LogP contribution in [0.25, 0.3) is 0 Å². The minimum atomic E-state index is -0.519. The Bertz CT molecular complexity index is 722. The van der Waals surface area contributed by atoms with Crippen LogP contribution in [0.1, 0.15) is 105 Å². The van der Waals surface area contributed by atoms with Crippen molar-refractivity contribution in [2.24, 2.45) is 23.2 Å². The van der Waals surface area contributed by atoms with Gasteiger partial charge in [0.15, 0.2) is 0 Å². The molecule has 5 atom stereocenters. The summed E-state index contributed by atoms with van der Waals surface area (Å²) >= 11 is 0. The van der Waals surface area contributed by atoms with E-state index < -0.39 is 5.60 Å². The Morgan fingerprint density at radius 1 is 1.23 bits per heavy atom. The Hall–Kier alpha value is -0.860. The highest BCUT2D eigenvalue weighted by Gasteiger charge is 2.50. The fraction of sp³-hybridized carbons (Fsp3) is 0.793. The minimum absolute atomic E-state index is 0.365. The third-order valence-electron chi connectivity index (χ3n) is 9.15. The second-order valence-electron chi connectivity index (χ2n) is 12.0. The second kappa shape index (κ2) is 9.56. The highest BCUT2D eigenvalue weighted by Crippen LogP contribution is 2.60. The molecule has 0 bridgehead atoms. The smallest absolute Gasteiger partial charge is 0.0822 e. The zero-order valence-corrected chi connectivity index (χ0v) is 20.6. The van der Waals surface area contributed by atoms with Crippen LogP contribution in [0.5, 0.6) is 0 Å². The van der Waals surface area contributed by atoms with Crippen molar-refractivity contribution < 1.29 is 9.84 Å². The molecule has 3 saturated carbocycles. The lowest BCUT2D eigenvalue weighted by Gasteiger charge is -2.44. The minimum Gasteiger partial charge on any atom is -0.390 e. The van der Waals surface area contributed by atoms with E-state index in [9.17, 15) is 5.11 Å². The molecule has 0 aromatic heterocycles. The predicted octanol–water partition coefficient (Wildman–Crippen LogP) is 7.53. The monoisotopic (exact) mass is 426 g/mol. The predicted molar refractivity (Wildman–Crippen MR) is 130 cm³/mol. The lowest BCUT2D eigenvalue weighted by atomic mass is 9.60. The van der Waals surface area contributed by atoms with Crippen molar-refractivity contribution in [1.82, 2.24) is 0 Å². The SMILES string of the molecule is C[C@H](CCCC(C)(C)O)C1CCC2/C(=C/C=C3/CCC4=CCCOC4C3)CCCC21C. The standard InChI is InChI=1S/C29H46O2/c1-21(8-5-17-28(2,3)30)25-15-16-26-23(9-6-18-29(25,26)4)13-11-22-12-14-24-10-7-19-31-27(24)20-22/h10-11,13,21,25-27,30H,5-9,12,14-20H2,1-4H3/b22-11-,23-13+/t21-,25?,26?,27?,29?/m1/s1. The lowest BCUT2D eigenvalue weighted by molar-refractivity contribution is 0.0596. The van der Waals surface area contributed by atoms with Gasteiger partial charge in [-0.3, -0.25) is 0 Å². The first-order chi connectivity index (χ1) is 14.8. The highest BCUT2D eigenvalue weighted by molar-refractivity contribution is 5.29. The molecule has 3 fully saturated rings. The molecule has 3 aliphatic carbocycles. The van der Waals surface area contributed by atoms with E-state index >= 15 is 0 Å². The Kier molecular flexibility index (Phi) is 7.18. The van der Waals surface area contributed by atoms with Crippen LogP contribution < -0.4 is 0 Å². The molecule has 174 valence electrons. The van der Waals surface area contributed by atoms with Crippen LogP contribution in [0.3, 0.4) is 0 Å². The molecule has 0 aromatic rings. The molecule has 4 rings (SSSR count). The number of hydrogen-bond donors (Lipinski definition) is 1. The van der Waals surface area contributed by atoms with Gasteiger partial charge in [-0.2, -0.15) is 0 Å². The highest BCUT2D eigenvalue weighted by atomic mass is 16.5. The summed E-state index contributed by atoms with van der Waals surface area (Å²) in [5.74, 6) is 2.39. The summed E-state index contributed by atoms with van der Waals surface area (Å²) in [7, 11) is 0. The maximum Gasteiger partial charge on any atom is 0.0822 e. The van der Waals surface area contributed by atoms with Crippen LogP contribution in [-0.2, 0) is 4.74 Å². The third kappa shape index (κ3) is 5.38. The fourth-order valence-electron chi connectivity index (χ4n) is 7.44. The Balaban J connectivity index is 1.40. The van der Waals surface area contributed by atoms with E-state index in [1.54, 1.807) is 16.7 Å². The second-order valence-corrected chi connectivity index (χ2v) is 12.0. The van der Waals surface area contributed by atoms with E-state index in [1.165, 1.54) is 51.4 Å². The van der Waals surface area contributed by atoms with E-state index in [4.69, 9.17) is 4.74 Å². The maximum atomic E-state index is 10.1. The van der Waals surface area contributed by atoms with Crippen LogP contribution in [-0.4, -0.2) is 23.4 Å². The molecule has 2 nitrogen and oxygen atoms in total. The van der Waals surface area contributed by atoms with E-state index in [0.717, 1.165) is 50.0 Å². The molecule has 1 N–H and O–H groups in total. The summed E-state index contributed by atoms with van der Waals surface area (Å²) in [6.07, 6.45) is 22.6. The van der Waals surface area contributed by atoms with Gasteiger partial charge in [-0.05, 0) is 107 Å². The van der Waals surface area contributed by atoms with Gasteiger partial charge < -0.3 is 9.84 Å². The van der Waals surface area contributed by atoms with Crippen LogP contribution in [0.4, 0.5) is 0 Å². The first kappa shape index (κ1) is 23.3. The van der Waals surface area contributed by atoms with Crippen molar-refractivity contribution in [2.75, 3.05) is 6.61 Å². The van der Waals surface area contributed by atoms with Gasteiger partial charge in [0.2, 0.25) is 0 Å². The number of rotatable bonds is 6. The molecule has 0 spiro atoms. The van der Waals surface area contributed by atoms with Gasteiger partial charge in [0.25, 0.3) is 0 Å². The van der Waals surface area contributed by atoms with E-state index in [-0.39, 0.29) is 0 Å². The van der Waals surface area contributed by atoms with Crippen LogP contribution >= 0.6 is 0 Å². The van der Waals surface area contributed by atoms with E-state index in [0.29, 0.717) is 11.5 Å². The van der Waals surface area contributed by atoms with Crippen LogP contribution in [0, 0.1) is 23.2 Å². The van der Waals surface area contributed by atoms with Crippen LogP contribution in [0.2, 0.25) is 0 Å². The molecule has 0 aromatic carbocycles. The van der Waals surface area contributed by atoms with Gasteiger partial charge >= 0.3 is 0 Å². The first-order valence-corrected chi connectivity index (χ1v) is 13.2. The summed E-state index contributed by atoms with van der Waals surface area (Å²) in [5, 5.41) is 10.1. The Labute approximate surface area is 191 Å². The summed E-state index contributed by atoms with van der Waals surface area (Å²) in [6, 6.07) is 0. The molecular formula is C29H46O2. The van der Waals surface area contributed by atoms with Gasteiger partial charge in [0.1, 0.15) is 0 Å². The van der Waals surface area contributed by atoms with Crippen molar-refractivity contribution in [2.45, 2.75) is 116 Å². The Morgan fingerprint density at radius 3 is 2.87 bits per heavy atom. The molecular weight excluding hydrogens is 380 g/mol. The zero-order valence-electron chi connectivity index (χ0n) is 20.6. The molecule has 1 heterocycles. The Morgan fingerprint density at radius 2 is 2.06 bits per heavy atom. The quantitative estimate of drug-likeness (QED) is 0.445. The summed E-state index contributed by atoms with van der Waals surface area (Å²) < 4.78 is 6.04. The number of ether oxygens (including phenoxy) is 1. The van der Waals surface area contributed by atoms with Crippen molar-refractivity contribution in [3.63, 3.8) is 0 Å². The van der Waals surface area contributed by atoms with Crippen LogP contribution in [0.15, 0.2) is 34.9 Å². The molecule has 4 aliphatic rings. The lowest BCUT2D eigenvalue weighted by Crippen LogP contribution is -2.36. The molecule has 0 saturated heterocycles. The van der Waals surface area contributed by atoms with Gasteiger partial charge in [0.05, 0.1) is 18.3 Å². The van der Waals surface area contributed by atoms with Crippen molar-refractivity contribution in [3.05, 3.63) is 34.9 Å². The van der Waals surface area contributed by atoms with E-state index in [1.807, 2.05) is 13.8 Å². The van der Waals surface area contributed by atoms with Crippen molar-refractivity contribution in [1.29, 1.82) is 0 Å². The van der Waals surface area contributed by atoms with Gasteiger partial charge in [0, 0.05) is 0 Å². The summed E-state index contributed by atoms with van der Waals surface area (Å²) in [6.45, 7) is 9.88. The average molecular weight is 427 g/mol. The number of fused-ring (bicyclic) bond motifs is 2. The molecule has 1 aliphatic heterocycles. The normalized spacial score (nSPS) is 37.5. The average Bonchev–Trinajstić information content (AvgIpc) is 3.08. The number of aliphatic hydroxyl groups is 1. The van der Waals surface area contributed by atoms with Gasteiger partial charge in [-0.25, -0.2) is 0 Å². The molecule has 31 heavy (non-hydrogen) atoms. The molecule has 0 amide bonds. The largest absolute Gasteiger partial charge is 0.390 e. The zero-order chi connectivity index (χ0) is 22.1. The number of hydrogen-bond acceptors (Lipinski definition) is 2. The maximum absolute atomic E-state index is 10.1. The third-order valence-corrected chi connectivity index (χ3v) is 9.15. The van der Waals surface area contributed by atoms with Gasteiger partial charge in [-0.1, -0.05) is 56.1 Å². The van der Waals surface area contributed by atoms with E-state index in [2.05, 4.69) is 32.1 Å². The first-order valence-electron chi connectivity index (χ1n) is 13.2. The summed E-state index contributed by atoms with van der Waals surface area (Å²) in [4.78, 5) is 0. The fourth-order valence-corrected chi connectivity index (χ4v) is 7.44. The molecule has 0 radical (unpaired) electrons. The number of allylic oxidation sites excluding steroid dienone is 3. The molecule has 2 heteroatoms. The van der Waals surface area contributed by atoms with Crippen molar-refractivity contribution in [3.8, 4) is 0 Å². The van der Waals surface area contributed by atoms with Gasteiger partial charge in [-0.15, -0.1) is 0 Å². The summed E-state index contributed by atoms with van der Waals surface area (Å²) in [5.41, 5.74) is 4.84. The topological polar surface area (TPSA) is 29.5 Å². The van der Waals surface area contributed by atoms with Crippen molar-refractivity contribution >= 4 is 0 Å². The molecule has 4 unspecified atom stereocenters.